The molecule has 4 bridgehead atoms. The number of likely N-dealkylation sites (tertiary alicyclic amines) is 1. The Labute approximate surface area is 166 Å². The second-order valence-corrected chi connectivity index (χ2v) is 9.79. The first-order chi connectivity index (χ1) is 13.5. The number of phenolic OH excluding ortho intramolecular Hbond substituents is 1. The Balaban J connectivity index is 1.18. The largest absolute Gasteiger partial charge is 0.508 e. The number of phenols is 1. The van der Waals surface area contributed by atoms with Crippen LogP contribution in [0.25, 0.3) is 0 Å². The van der Waals surface area contributed by atoms with Crippen LogP contribution in [0.15, 0.2) is 24.3 Å². The quantitative estimate of drug-likeness (QED) is 0.842. The van der Waals surface area contributed by atoms with Crippen LogP contribution in [0.1, 0.15) is 61.7 Å². The summed E-state index contributed by atoms with van der Waals surface area (Å²) >= 11 is 0. The zero-order chi connectivity index (χ0) is 19.3. The van der Waals surface area contributed by atoms with Gasteiger partial charge in [-0.1, -0.05) is 6.07 Å². The summed E-state index contributed by atoms with van der Waals surface area (Å²) in [7, 11) is 0. The van der Waals surface area contributed by atoms with E-state index >= 15 is 0 Å². The fourth-order valence-corrected chi connectivity index (χ4v) is 6.78. The van der Waals surface area contributed by atoms with Gasteiger partial charge < -0.3 is 15.3 Å². The van der Waals surface area contributed by atoms with Crippen molar-refractivity contribution in [1.82, 2.24) is 10.2 Å². The van der Waals surface area contributed by atoms with Crippen LogP contribution in [0.3, 0.4) is 0 Å². The number of carbonyl (C=O) groups is 2. The highest BCUT2D eigenvalue weighted by Gasteiger charge is 2.54. The zero-order valence-electron chi connectivity index (χ0n) is 16.4. The molecule has 5 fully saturated rings. The van der Waals surface area contributed by atoms with Gasteiger partial charge in [0.15, 0.2) is 0 Å². The van der Waals surface area contributed by atoms with E-state index < -0.39 is 0 Å². The molecule has 0 spiro atoms. The van der Waals surface area contributed by atoms with Crippen molar-refractivity contribution in [2.45, 2.75) is 57.4 Å². The van der Waals surface area contributed by atoms with Crippen molar-refractivity contribution in [2.24, 2.45) is 23.2 Å². The normalized spacial score (nSPS) is 34.4. The third kappa shape index (κ3) is 3.19. The van der Waals surface area contributed by atoms with Gasteiger partial charge in [0.25, 0.3) is 5.91 Å². The van der Waals surface area contributed by atoms with Gasteiger partial charge >= 0.3 is 0 Å². The average Bonchev–Trinajstić information content (AvgIpc) is 2.67. The Kier molecular flexibility index (Phi) is 4.37. The van der Waals surface area contributed by atoms with Crippen LogP contribution in [0, 0.1) is 23.2 Å². The molecular formula is C23H30N2O3. The van der Waals surface area contributed by atoms with Gasteiger partial charge in [0, 0.05) is 30.1 Å². The summed E-state index contributed by atoms with van der Waals surface area (Å²) in [5, 5.41) is 13.0. The minimum Gasteiger partial charge on any atom is -0.508 e. The number of nitrogens with one attached hydrogen (secondary N) is 1. The van der Waals surface area contributed by atoms with Crippen LogP contribution in [-0.4, -0.2) is 41.0 Å². The summed E-state index contributed by atoms with van der Waals surface area (Å²) < 4.78 is 0. The topological polar surface area (TPSA) is 69.6 Å². The molecule has 2 N–H and O–H groups in total. The van der Waals surface area contributed by atoms with Crippen molar-refractivity contribution in [3.05, 3.63) is 29.8 Å². The molecule has 5 aliphatic rings. The van der Waals surface area contributed by atoms with Crippen LogP contribution >= 0.6 is 0 Å². The molecule has 0 unspecified atom stereocenters. The lowest BCUT2D eigenvalue weighted by Gasteiger charge is -2.56. The third-order valence-corrected chi connectivity index (χ3v) is 7.73. The number of hydrogen-bond acceptors (Lipinski definition) is 3. The minimum atomic E-state index is -0.0940. The van der Waals surface area contributed by atoms with Crippen molar-refractivity contribution < 1.29 is 14.7 Å². The van der Waals surface area contributed by atoms with E-state index in [1.165, 1.54) is 25.3 Å². The highest BCUT2D eigenvalue weighted by molar-refractivity contribution is 5.94. The van der Waals surface area contributed by atoms with E-state index in [0.717, 1.165) is 49.9 Å². The smallest absolute Gasteiger partial charge is 0.253 e. The number of aromatic hydroxyl groups is 1. The molecule has 5 nitrogen and oxygen atoms in total. The number of benzene rings is 1. The van der Waals surface area contributed by atoms with Gasteiger partial charge in [0.05, 0.1) is 0 Å². The first-order valence-corrected chi connectivity index (χ1v) is 10.9. The van der Waals surface area contributed by atoms with E-state index in [1.807, 2.05) is 4.90 Å². The molecule has 2 amide bonds. The summed E-state index contributed by atoms with van der Waals surface area (Å²) in [4.78, 5) is 27.7. The van der Waals surface area contributed by atoms with Crippen LogP contribution in [0.5, 0.6) is 5.75 Å². The molecular weight excluding hydrogens is 352 g/mol. The number of piperidine rings is 1. The highest BCUT2D eigenvalue weighted by atomic mass is 16.3. The summed E-state index contributed by atoms with van der Waals surface area (Å²) in [6.07, 6.45) is 8.95. The lowest BCUT2D eigenvalue weighted by Crippen LogP contribution is -2.56. The van der Waals surface area contributed by atoms with Crippen LogP contribution in [0.2, 0.25) is 0 Å². The van der Waals surface area contributed by atoms with Crippen LogP contribution < -0.4 is 5.32 Å². The lowest BCUT2D eigenvalue weighted by molar-refractivity contribution is -0.147. The van der Waals surface area contributed by atoms with Gasteiger partial charge in [-0.25, -0.2) is 0 Å². The van der Waals surface area contributed by atoms with Gasteiger partial charge in [-0.15, -0.1) is 0 Å². The van der Waals surface area contributed by atoms with Crippen LogP contribution in [-0.2, 0) is 4.79 Å². The molecule has 0 aromatic heterocycles. The second-order valence-electron chi connectivity index (χ2n) is 9.79. The molecule has 4 saturated carbocycles. The average molecular weight is 383 g/mol. The predicted molar refractivity (Wildman–Crippen MR) is 106 cm³/mol. The SMILES string of the molecule is O=C(c1cccc(O)c1)N1CCC(NC(=O)C23CC4CC(CC(C4)C2)C3)CC1. The van der Waals surface area contributed by atoms with Crippen molar-refractivity contribution in [3.63, 3.8) is 0 Å². The van der Waals surface area contributed by atoms with E-state index in [1.54, 1.807) is 18.2 Å². The maximum atomic E-state index is 13.2. The Morgan fingerprint density at radius 2 is 1.61 bits per heavy atom. The first kappa shape index (κ1) is 18.0. The van der Waals surface area contributed by atoms with E-state index in [4.69, 9.17) is 0 Å². The maximum Gasteiger partial charge on any atom is 0.253 e. The molecule has 0 atom stereocenters. The monoisotopic (exact) mass is 382 g/mol. The highest BCUT2D eigenvalue weighted by Crippen LogP contribution is 2.60. The van der Waals surface area contributed by atoms with Gasteiger partial charge in [-0.3, -0.25) is 9.59 Å². The van der Waals surface area contributed by atoms with Crippen molar-refractivity contribution in [2.75, 3.05) is 13.1 Å². The van der Waals surface area contributed by atoms with Crippen molar-refractivity contribution >= 4 is 11.8 Å². The molecule has 1 aromatic rings. The fraction of sp³-hybridized carbons (Fsp3) is 0.652. The lowest BCUT2D eigenvalue weighted by atomic mass is 9.49. The van der Waals surface area contributed by atoms with Crippen molar-refractivity contribution in [1.29, 1.82) is 0 Å². The second kappa shape index (κ2) is 6.78. The first-order valence-electron chi connectivity index (χ1n) is 10.9. The number of rotatable bonds is 3. The molecule has 4 aliphatic carbocycles. The summed E-state index contributed by atoms with van der Waals surface area (Å²) in [6.45, 7) is 1.31. The van der Waals surface area contributed by atoms with E-state index in [-0.39, 0.29) is 23.1 Å². The van der Waals surface area contributed by atoms with Gasteiger partial charge in [0.2, 0.25) is 5.91 Å². The van der Waals surface area contributed by atoms with Gasteiger partial charge in [-0.05, 0) is 87.3 Å². The number of carbonyl (C=O) groups excluding carboxylic acids is 2. The Morgan fingerprint density at radius 3 is 2.18 bits per heavy atom. The molecule has 1 saturated heterocycles. The third-order valence-electron chi connectivity index (χ3n) is 7.73. The standard InChI is InChI=1S/C23H30N2O3/c26-20-3-1-2-18(11-20)21(27)25-6-4-19(5-7-25)24-22(28)23-12-15-8-16(13-23)10-17(9-15)14-23/h1-3,11,15-17,19,26H,4-10,12-14H2,(H,24,28). The zero-order valence-corrected chi connectivity index (χ0v) is 16.4. The molecule has 1 aliphatic heterocycles. The van der Waals surface area contributed by atoms with Gasteiger partial charge in [-0.2, -0.15) is 0 Å². The fourth-order valence-electron chi connectivity index (χ4n) is 6.78. The van der Waals surface area contributed by atoms with Crippen LogP contribution in [0.4, 0.5) is 0 Å². The Bertz CT molecular complexity index is 747. The molecule has 150 valence electrons. The Morgan fingerprint density at radius 1 is 1.00 bits per heavy atom. The number of hydrogen-bond donors (Lipinski definition) is 2. The minimum absolute atomic E-state index is 0.0400. The summed E-state index contributed by atoms with van der Waals surface area (Å²) in [6, 6.07) is 6.70. The van der Waals surface area contributed by atoms with E-state index in [2.05, 4.69) is 5.32 Å². The van der Waals surface area contributed by atoms with Gasteiger partial charge in [0.1, 0.15) is 5.75 Å². The molecule has 28 heavy (non-hydrogen) atoms. The Hall–Kier alpha value is -2.04. The molecule has 0 radical (unpaired) electrons. The number of amides is 2. The van der Waals surface area contributed by atoms with E-state index in [0.29, 0.717) is 24.6 Å². The predicted octanol–water partition coefficient (Wildman–Crippen LogP) is 3.33. The van der Waals surface area contributed by atoms with E-state index in [9.17, 15) is 14.7 Å². The van der Waals surface area contributed by atoms with Crippen molar-refractivity contribution in [3.8, 4) is 5.75 Å². The summed E-state index contributed by atoms with van der Waals surface area (Å²) in [5.74, 6) is 2.70. The molecule has 6 rings (SSSR count). The molecule has 1 aromatic carbocycles. The number of nitrogens with zero attached hydrogens (tertiary/aromatic N) is 1. The summed E-state index contributed by atoms with van der Waals surface area (Å²) in [5.41, 5.74) is 0.430. The maximum absolute atomic E-state index is 13.2. The molecule has 5 heteroatoms. The molecule has 1 heterocycles.